The lowest BCUT2D eigenvalue weighted by molar-refractivity contribution is -0.152. The fourth-order valence-corrected chi connectivity index (χ4v) is 2.77. The minimum Gasteiger partial charge on any atom is -0.441 e. The Morgan fingerprint density at radius 1 is 1.19 bits per heavy atom. The lowest BCUT2D eigenvalue weighted by Crippen LogP contribution is -2.35. The summed E-state index contributed by atoms with van der Waals surface area (Å²) in [5.41, 5.74) is 1.76. The van der Waals surface area contributed by atoms with E-state index in [1.54, 1.807) is 51.2 Å². The Hall–Kier alpha value is -2.96. The minimum absolute atomic E-state index is 0.117. The highest BCUT2D eigenvalue weighted by Crippen LogP contribution is 2.24. The first-order chi connectivity index (χ1) is 12.4. The van der Waals surface area contributed by atoms with E-state index in [0.29, 0.717) is 17.0 Å². The van der Waals surface area contributed by atoms with Crippen LogP contribution in [0.4, 0.5) is 0 Å². The summed E-state index contributed by atoms with van der Waals surface area (Å²) in [5.74, 6) is -2.28. The smallest absolute Gasteiger partial charge is 0.380 e. The topological polar surface area (TPSA) is 90.3 Å². The summed E-state index contributed by atoms with van der Waals surface area (Å²) < 4.78 is 6.86. The highest BCUT2D eigenvalue weighted by molar-refractivity contribution is 6.41. The third kappa shape index (κ3) is 3.66. The molecule has 1 aliphatic rings. The van der Waals surface area contributed by atoms with E-state index in [9.17, 15) is 14.4 Å². The SMILES string of the molecule is Cc1nn(C)c(C)c1C(=O)C(=O)OC(C(=O)NC1CC1)c1ccccc1. The summed E-state index contributed by atoms with van der Waals surface area (Å²) in [4.78, 5) is 37.5. The third-order valence-electron chi connectivity index (χ3n) is 4.41. The molecule has 136 valence electrons. The molecule has 1 unspecified atom stereocenters. The molecule has 1 heterocycles. The highest BCUT2D eigenvalue weighted by Gasteiger charge is 2.33. The summed E-state index contributed by atoms with van der Waals surface area (Å²) in [6.45, 7) is 3.36. The van der Waals surface area contributed by atoms with Crippen LogP contribution in [-0.2, 0) is 21.4 Å². The number of aryl methyl sites for hydroxylation is 2. The second kappa shape index (κ2) is 7.11. The molecule has 0 spiro atoms. The maximum Gasteiger partial charge on any atom is 0.380 e. The van der Waals surface area contributed by atoms with Gasteiger partial charge in [0.25, 0.3) is 11.7 Å². The van der Waals surface area contributed by atoms with Gasteiger partial charge in [-0.1, -0.05) is 30.3 Å². The zero-order chi connectivity index (χ0) is 18.8. The Morgan fingerprint density at radius 3 is 2.38 bits per heavy atom. The molecule has 7 heteroatoms. The number of hydrogen-bond acceptors (Lipinski definition) is 5. The number of aromatic nitrogens is 2. The number of ketones is 1. The van der Waals surface area contributed by atoms with Gasteiger partial charge in [0.1, 0.15) is 0 Å². The van der Waals surface area contributed by atoms with Crippen LogP contribution in [0, 0.1) is 13.8 Å². The molecule has 1 fully saturated rings. The van der Waals surface area contributed by atoms with E-state index in [1.165, 1.54) is 4.68 Å². The van der Waals surface area contributed by atoms with Crippen molar-refractivity contribution in [3.63, 3.8) is 0 Å². The van der Waals surface area contributed by atoms with E-state index in [2.05, 4.69) is 10.4 Å². The van der Waals surface area contributed by atoms with E-state index < -0.39 is 23.8 Å². The van der Waals surface area contributed by atoms with Crippen molar-refractivity contribution in [2.45, 2.75) is 38.8 Å². The fourth-order valence-electron chi connectivity index (χ4n) is 2.77. The van der Waals surface area contributed by atoms with Crippen LogP contribution in [0.2, 0.25) is 0 Å². The van der Waals surface area contributed by atoms with E-state index in [1.807, 2.05) is 0 Å². The Balaban J connectivity index is 1.82. The van der Waals surface area contributed by atoms with Crippen molar-refractivity contribution in [3.05, 3.63) is 52.8 Å². The summed E-state index contributed by atoms with van der Waals surface area (Å²) in [6, 6.07) is 8.79. The van der Waals surface area contributed by atoms with Gasteiger partial charge >= 0.3 is 5.97 Å². The monoisotopic (exact) mass is 355 g/mol. The number of hydrogen-bond donors (Lipinski definition) is 1. The second-order valence-electron chi connectivity index (χ2n) is 6.48. The molecule has 3 rings (SSSR count). The quantitative estimate of drug-likeness (QED) is 0.485. The average Bonchev–Trinajstić information content (AvgIpc) is 3.39. The first kappa shape index (κ1) is 17.8. The predicted octanol–water partition coefficient (Wildman–Crippen LogP) is 1.78. The molecule has 7 nitrogen and oxygen atoms in total. The lowest BCUT2D eigenvalue weighted by Gasteiger charge is -2.17. The summed E-state index contributed by atoms with van der Waals surface area (Å²) in [6.07, 6.45) is 0.660. The molecule has 0 saturated heterocycles. The van der Waals surface area contributed by atoms with Crippen molar-refractivity contribution < 1.29 is 19.1 Å². The van der Waals surface area contributed by atoms with Gasteiger partial charge in [-0.3, -0.25) is 14.3 Å². The van der Waals surface area contributed by atoms with Gasteiger partial charge in [-0.05, 0) is 26.7 Å². The van der Waals surface area contributed by atoms with Crippen LogP contribution < -0.4 is 5.32 Å². The van der Waals surface area contributed by atoms with Gasteiger partial charge in [0.15, 0.2) is 0 Å². The number of rotatable bonds is 6. The van der Waals surface area contributed by atoms with Crippen LogP contribution in [0.3, 0.4) is 0 Å². The number of esters is 1. The maximum atomic E-state index is 12.6. The number of ether oxygens (including phenoxy) is 1. The molecule has 1 N–H and O–H groups in total. The third-order valence-corrected chi connectivity index (χ3v) is 4.41. The van der Waals surface area contributed by atoms with Crippen molar-refractivity contribution in [2.24, 2.45) is 7.05 Å². The zero-order valence-electron chi connectivity index (χ0n) is 15.0. The average molecular weight is 355 g/mol. The molecule has 2 aromatic rings. The number of carbonyl (C=O) groups excluding carboxylic acids is 3. The molecule has 0 radical (unpaired) electrons. The van der Waals surface area contributed by atoms with Crippen molar-refractivity contribution in [2.75, 3.05) is 0 Å². The van der Waals surface area contributed by atoms with Crippen LogP contribution in [-0.4, -0.2) is 33.5 Å². The number of benzene rings is 1. The Labute approximate surface area is 151 Å². The first-order valence-electron chi connectivity index (χ1n) is 8.49. The van der Waals surface area contributed by atoms with E-state index in [-0.39, 0.29) is 11.6 Å². The van der Waals surface area contributed by atoms with Crippen LogP contribution in [0.15, 0.2) is 30.3 Å². The molecule has 1 aliphatic carbocycles. The standard InChI is InChI=1S/C19H21N3O4/c1-11-15(12(2)22(3)21-11)16(23)19(25)26-17(13-7-5-4-6-8-13)18(24)20-14-9-10-14/h4-8,14,17H,9-10H2,1-3H3,(H,20,24). The van der Waals surface area contributed by atoms with Gasteiger partial charge < -0.3 is 10.1 Å². The molecule has 1 saturated carbocycles. The van der Waals surface area contributed by atoms with Gasteiger partial charge in [-0.25, -0.2) is 4.79 Å². The zero-order valence-corrected chi connectivity index (χ0v) is 15.0. The van der Waals surface area contributed by atoms with E-state index in [0.717, 1.165) is 12.8 Å². The maximum absolute atomic E-state index is 12.6. The molecular weight excluding hydrogens is 334 g/mol. The molecular formula is C19H21N3O4. The number of amides is 1. The van der Waals surface area contributed by atoms with Crippen LogP contribution in [0.5, 0.6) is 0 Å². The molecule has 1 amide bonds. The van der Waals surface area contributed by atoms with Crippen LogP contribution >= 0.6 is 0 Å². The number of nitrogens with zero attached hydrogens (tertiary/aromatic N) is 2. The van der Waals surface area contributed by atoms with E-state index >= 15 is 0 Å². The van der Waals surface area contributed by atoms with Crippen molar-refractivity contribution in [3.8, 4) is 0 Å². The molecule has 1 aromatic heterocycles. The van der Waals surface area contributed by atoms with Crippen molar-refractivity contribution in [1.29, 1.82) is 0 Å². The van der Waals surface area contributed by atoms with Crippen molar-refractivity contribution >= 4 is 17.7 Å². The number of Topliss-reactive ketones (excluding diaryl/α,β-unsaturated/α-hetero) is 1. The van der Waals surface area contributed by atoms with Crippen LogP contribution in [0.25, 0.3) is 0 Å². The predicted molar refractivity (Wildman–Crippen MR) is 93.5 cm³/mol. The molecule has 1 aromatic carbocycles. The van der Waals surface area contributed by atoms with Gasteiger partial charge in [0, 0.05) is 24.3 Å². The van der Waals surface area contributed by atoms with E-state index in [4.69, 9.17) is 4.74 Å². The number of carbonyl (C=O) groups is 3. The lowest BCUT2D eigenvalue weighted by atomic mass is 10.1. The van der Waals surface area contributed by atoms with Gasteiger partial charge in [0.05, 0.1) is 11.3 Å². The molecule has 0 bridgehead atoms. The Morgan fingerprint density at radius 2 is 1.85 bits per heavy atom. The van der Waals surface area contributed by atoms with Crippen molar-refractivity contribution in [1.82, 2.24) is 15.1 Å². The molecule has 26 heavy (non-hydrogen) atoms. The summed E-state index contributed by atoms with van der Waals surface area (Å²) in [5, 5.41) is 6.96. The summed E-state index contributed by atoms with van der Waals surface area (Å²) >= 11 is 0. The Kier molecular flexibility index (Phi) is 4.88. The normalized spacial score (nSPS) is 14.6. The fraction of sp³-hybridized carbons (Fsp3) is 0.368. The largest absolute Gasteiger partial charge is 0.441 e. The Bertz CT molecular complexity index is 853. The van der Waals surface area contributed by atoms with Gasteiger partial charge in [-0.2, -0.15) is 5.10 Å². The highest BCUT2D eigenvalue weighted by atomic mass is 16.6. The first-order valence-corrected chi connectivity index (χ1v) is 8.49. The minimum atomic E-state index is -1.16. The van der Waals surface area contributed by atoms with Crippen LogP contribution in [0.1, 0.15) is 46.3 Å². The molecule has 1 atom stereocenters. The second-order valence-corrected chi connectivity index (χ2v) is 6.48. The van der Waals surface area contributed by atoms with Gasteiger partial charge in [0.2, 0.25) is 6.10 Å². The number of nitrogens with one attached hydrogen (secondary N) is 1. The summed E-state index contributed by atoms with van der Waals surface area (Å²) in [7, 11) is 1.69. The van der Waals surface area contributed by atoms with Gasteiger partial charge in [-0.15, -0.1) is 0 Å². The molecule has 0 aliphatic heterocycles.